The van der Waals surface area contributed by atoms with Crippen LogP contribution in [0.5, 0.6) is 5.75 Å². The third kappa shape index (κ3) is 3.32. The van der Waals surface area contributed by atoms with E-state index in [-0.39, 0.29) is 11.2 Å². The number of ether oxygens (including phenoxy) is 1. The summed E-state index contributed by atoms with van der Waals surface area (Å²) in [5.74, 6) is 0.130. The fourth-order valence-corrected chi connectivity index (χ4v) is 2.61. The Balaban J connectivity index is 2.09. The van der Waals surface area contributed by atoms with E-state index in [0.717, 1.165) is 24.9 Å². The Labute approximate surface area is 121 Å². The molecule has 1 heterocycles. The summed E-state index contributed by atoms with van der Waals surface area (Å²) in [4.78, 5) is 2.29. The molecule has 20 heavy (non-hydrogen) atoms. The molecule has 2 rings (SSSR count). The van der Waals surface area contributed by atoms with Crippen LogP contribution < -0.4 is 4.74 Å². The van der Waals surface area contributed by atoms with Gasteiger partial charge in [0.25, 0.3) is 0 Å². The van der Waals surface area contributed by atoms with Crippen LogP contribution in [0.3, 0.4) is 0 Å². The molecule has 1 aromatic carbocycles. The molecule has 0 amide bonds. The predicted octanol–water partition coefficient (Wildman–Crippen LogP) is 3.99. The number of likely N-dealkylation sites (tertiary alicyclic amines) is 1. The first-order valence-electron chi connectivity index (χ1n) is 7.57. The van der Waals surface area contributed by atoms with Gasteiger partial charge in [-0.1, -0.05) is 26.8 Å². The molecule has 1 fully saturated rings. The van der Waals surface area contributed by atoms with Gasteiger partial charge in [-0.2, -0.15) is 0 Å². The molecule has 0 aromatic heterocycles. The minimum atomic E-state index is -0.263. The summed E-state index contributed by atoms with van der Waals surface area (Å²) in [6.07, 6.45) is 3.36. The van der Waals surface area contributed by atoms with Crippen LogP contribution in [-0.2, 0) is 5.41 Å². The average molecular weight is 279 g/mol. The van der Waals surface area contributed by atoms with Crippen molar-refractivity contribution in [3.63, 3.8) is 0 Å². The van der Waals surface area contributed by atoms with E-state index in [4.69, 9.17) is 4.74 Å². The molecule has 0 N–H and O–H groups in total. The largest absolute Gasteiger partial charge is 0.489 e. The van der Waals surface area contributed by atoms with Crippen LogP contribution in [0.1, 0.15) is 45.6 Å². The molecule has 1 aliphatic heterocycles. The van der Waals surface area contributed by atoms with Crippen molar-refractivity contribution in [1.29, 1.82) is 0 Å². The predicted molar refractivity (Wildman–Crippen MR) is 80.9 cm³/mol. The van der Waals surface area contributed by atoms with Crippen LogP contribution in [0.25, 0.3) is 0 Å². The molecule has 1 aromatic rings. The zero-order valence-corrected chi connectivity index (χ0v) is 13.1. The first-order chi connectivity index (χ1) is 9.44. The molecule has 0 bridgehead atoms. The number of hydrogen-bond donors (Lipinski definition) is 0. The zero-order valence-electron chi connectivity index (χ0n) is 13.1. The van der Waals surface area contributed by atoms with Crippen LogP contribution in [0, 0.1) is 5.82 Å². The second-order valence-corrected chi connectivity index (χ2v) is 6.47. The minimum Gasteiger partial charge on any atom is -0.489 e. The van der Waals surface area contributed by atoms with E-state index >= 15 is 0 Å². The summed E-state index contributed by atoms with van der Waals surface area (Å²) < 4.78 is 19.6. The highest BCUT2D eigenvalue weighted by Crippen LogP contribution is 2.31. The summed E-state index contributed by atoms with van der Waals surface area (Å²) in [5, 5.41) is 0. The number of halogens is 1. The van der Waals surface area contributed by atoms with Gasteiger partial charge in [0.2, 0.25) is 0 Å². The van der Waals surface area contributed by atoms with Gasteiger partial charge in [0.05, 0.1) is 0 Å². The van der Waals surface area contributed by atoms with Gasteiger partial charge in [0.15, 0.2) is 11.6 Å². The van der Waals surface area contributed by atoms with Crippen molar-refractivity contribution in [2.45, 2.75) is 51.5 Å². The second-order valence-electron chi connectivity index (χ2n) is 6.47. The van der Waals surface area contributed by atoms with Gasteiger partial charge < -0.3 is 9.64 Å². The van der Waals surface area contributed by atoms with Crippen LogP contribution in [0.2, 0.25) is 0 Å². The number of nitrogens with zero attached hydrogens (tertiary/aromatic N) is 1. The summed E-state index contributed by atoms with van der Waals surface area (Å²) >= 11 is 0. The van der Waals surface area contributed by atoms with E-state index in [1.807, 2.05) is 12.1 Å². The molecule has 112 valence electrons. The molecule has 1 aliphatic rings. The van der Waals surface area contributed by atoms with Crippen molar-refractivity contribution in [1.82, 2.24) is 4.90 Å². The van der Waals surface area contributed by atoms with Gasteiger partial charge >= 0.3 is 0 Å². The molecule has 0 saturated carbocycles. The summed E-state index contributed by atoms with van der Waals surface area (Å²) in [5.41, 5.74) is 1.19. The lowest BCUT2D eigenvalue weighted by Crippen LogP contribution is -2.30. The van der Waals surface area contributed by atoms with Crippen molar-refractivity contribution in [3.05, 3.63) is 29.6 Å². The van der Waals surface area contributed by atoms with E-state index in [1.165, 1.54) is 12.5 Å². The molecule has 0 radical (unpaired) electrons. The monoisotopic (exact) mass is 279 g/mol. The lowest BCUT2D eigenvalue weighted by Gasteiger charge is -2.25. The molecular formula is C17H26FNO. The molecular weight excluding hydrogens is 253 g/mol. The summed E-state index contributed by atoms with van der Waals surface area (Å²) in [7, 11) is 2.11. The van der Waals surface area contributed by atoms with Crippen LogP contribution >= 0.6 is 0 Å². The van der Waals surface area contributed by atoms with Gasteiger partial charge in [0.1, 0.15) is 6.61 Å². The quantitative estimate of drug-likeness (QED) is 0.808. The van der Waals surface area contributed by atoms with E-state index < -0.39 is 0 Å². The molecule has 0 spiro atoms. The Hall–Kier alpha value is -1.09. The van der Waals surface area contributed by atoms with Gasteiger partial charge in [-0.3, -0.25) is 0 Å². The smallest absolute Gasteiger partial charge is 0.165 e. The van der Waals surface area contributed by atoms with E-state index in [9.17, 15) is 4.39 Å². The first kappa shape index (κ1) is 15.3. The van der Waals surface area contributed by atoms with E-state index in [0.29, 0.717) is 18.4 Å². The SMILES string of the molecule is CCC(C)(C)c1ccc(F)c(OC[C@@H]2CCCN2C)c1. The van der Waals surface area contributed by atoms with E-state index in [2.05, 4.69) is 32.7 Å². The maximum absolute atomic E-state index is 13.9. The topological polar surface area (TPSA) is 12.5 Å². The molecule has 0 aliphatic carbocycles. The Kier molecular flexibility index (Phi) is 4.69. The van der Waals surface area contributed by atoms with E-state index in [1.54, 1.807) is 0 Å². The van der Waals surface area contributed by atoms with Gasteiger partial charge in [0, 0.05) is 6.04 Å². The number of likely N-dealkylation sites (N-methyl/N-ethyl adjacent to an activating group) is 1. The van der Waals surface area contributed by atoms with Crippen molar-refractivity contribution >= 4 is 0 Å². The zero-order chi connectivity index (χ0) is 14.8. The fourth-order valence-electron chi connectivity index (χ4n) is 2.61. The maximum atomic E-state index is 13.9. The second kappa shape index (κ2) is 6.13. The van der Waals surface area contributed by atoms with Crippen molar-refractivity contribution < 1.29 is 9.13 Å². The number of hydrogen-bond acceptors (Lipinski definition) is 2. The molecule has 1 saturated heterocycles. The van der Waals surface area contributed by atoms with Crippen molar-refractivity contribution in [2.24, 2.45) is 0 Å². The number of benzene rings is 1. The third-order valence-electron chi connectivity index (χ3n) is 4.70. The average Bonchev–Trinajstić information content (AvgIpc) is 2.83. The number of rotatable bonds is 5. The highest BCUT2D eigenvalue weighted by atomic mass is 19.1. The van der Waals surface area contributed by atoms with Gasteiger partial charge in [-0.15, -0.1) is 0 Å². The fraction of sp³-hybridized carbons (Fsp3) is 0.647. The van der Waals surface area contributed by atoms with Gasteiger partial charge in [-0.05, 0) is 56.0 Å². The lowest BCUT2D eigenvalue weighted by molar-refractivity contribution is 0.192. The Bertz CT molecular complexity index is 458. The minimum absolute atomic E-state index is 0.0515. The Morgan fingerprint density at radius 2 is 2.15 bits per heavy atom. The lowest BCUT2D eigenvalue weighted by atomic mass is 9.82. The van der Waals surface area contributed by atoms with Crippen molar-refractivity contribution in [3.8, 4) is 5.75 Å². The standard InChI is InChI=1S/C17H26FNO/c1-5-17(2,3)13-8-9-15(18)16(11-13)20-12-14-7-6-10-19(14)4/h8-9,11,14H,5-7,10,12H2,1-4H3/t14-/m0/s1. The van der Waals surface area contributed by atoms with Crippen LogP contribution in [0.4, 0.5) is 4.39 Å². The maximum Gasteiger partial charge on any atom is 0.165 e. The highest BCUT2D eigenvalue weighted by molar-refractivity contribution is 5.34. The molecule has 3 heteroatoms. The summed E-state index contributed by atoms with van der Waals surface area (Å²) in [6, 6.07) is 5.68. The van der Waals surface area contributed by atoms with Crippen molar-refractivity contribution in [2.75, 3.05) is 20.2 Å². The van der Waals surface area contributed by atoms with Crippen LogP contribution in [0.15, 0.2) is 18.2 Å². The molecule has 1 atom stereocenters. The normalized spacial score (nSPS) is 20.4. The Morgan fingerprint density at radius 3 is 2.75 bits per heavy atom. The highest BCUT2D eigenvalue weighted by Gasteiger charge is 2.23. The third-order valence-corrected chi connectivity index (χ3v) is 4.70. The summed E-state index contributed by atoms with van der Waals surface area (Å²) in [6.45, 7) is 8.18. The van der Waals surface area contributed by atoms with Crippen LogP contribution in [-0.4, -0.2) is 31.1 Å². The molecule has 0 unspecified atom stereocenters. The van der Waals surface area contributed by atoms with Gasteiger partial charge in [-0.25, -0.2) is 4.39 Å². The molecule has 2 nitrogen and oxygen atoms in total. The first-order valence-corrected chi connectivity index (χ1v) is 7.57. The Morgan fingerprint density at radius 1 is 1.40 bits per heavy atom.